The first-order valence-electron chi connectivity index (χ1n) is 1.61. The van der Waals surface area contributed by atoms with Gasteiger partial charge in [0.1, 0.15) is 0 Å². The average Bonchev–Trinajstić information content (AvgIpc) is 1.35. The molecule has 0 atom stereocenters. The summed E-state index contributed by atoms with van der Waals surface area (Å²) in [6.45, 7) is 1.45. The summed E-state index contributed by atoms with van der Waals surface area (Å²) in [6.07, 6.45) is -0.0625. The molecule has 2 N–H and O–H groups in total. The number of rotatable bonds is 1. The van der Waals surface area contributed by atoms with Crippen LogP contribution in [-0.2, 0) is 4.57 Å². The van der Waals surface area contributed by atoms with Crippen molar-refractivity contribution < 1.29 is 120 Å². The molecule has 0 aliphatic carbocycles. The van der Waals surface area contributed by atoms with Crippen molar-refractivity contribution in [2.24, 2.45) is 0 Å². The van der Waals surface area contributed by atoms with E-state index in [1.54, 1.807) is 0 Å². The third-order valence-corrected chi connectivity index (χ3v) is 1.24. The van der Waals surface area contributed by atoms with Crippen molar-refractivity contribution >= 4 is 7.60 Å². The van der Waals surface area contributed by atoms with E-state index in [-0.39, 0.29) is 112 Å². The molecule has 0 radical (unpaired) electrons. The van der Waals surface area contributed by atoms with Gasteiger partial charge in [-0.3, -0.25) is 4.57 Å². The van der Waals surface area contributed by atoms with Crippen LogP contribution in [-0.4, -0.2) is 15.9 Å². The van der Waals surface area contributed by atoms with Gasteiger partial charge in [0, 0.05) is 6.16 Å². The van der Waals surface area contributed by atoms with E-state index in [0.29, 0.717) is 0 Å². The molecule has 6 heteroatoms. The van der Waals surface area contributed by atoms with Crippen LogP contribution in [0.5, 0.6) is 0 Å². The second kappa shape index (κ2) is 8.52. The molecule has 0 aromatic carbocycles. The molecule has 0 aliphatic heterocycles. The maximum Gasteiger partial charge on any atom is 1.00 e. The van der Waals surface area contributed by atoms with Crippen molar-refractivity contribution in [3.05, 3.63) is 0 Å². The second-order valence-corrected chi connectivity index (χ2v) is 2.94. The Balaban J connectivity index is -0.0000000208. The number of hydrogen-bond acceptors (Lipinski definition) is 1. The van der Waals surface area contributed by atoms with Crippen molar-refractivity contribution in [2.45, 2.75) is 6.92 Å². The van der Waals surface area contributed by atoms with Gasteiger partial charge in [0.15, 0.2) is 0 Å². The average molecular weight is 190 g/mol. The molecule has 0 spiro atoms. The van der Waals surface area contributed by atoms with Crippen molar-refractivity contribution in [3.8, 4) is 0 Å². The molecule has 0 aromatic heterocycles. The topological polar surface area (TPSA) is 57.5 Å². The van der Waals surface area contributed by atoms with Gasteiger partial charge in [-0.2, -0.15) is 0 Å². The van der Waals surface area contributed by atoms with Gasteiger partial charge < -0.3 is 12.6 Å². The zero-order valence-electron chi connectivity index (χ0n) is 7.46. The molecule has 0 aromatic rings. The maximum atomic E-state index is 9.69. The summed E-state index contributed by atoms with van der Waals surface area (Å²) in [5.74, 6) is 0. The van der Waals surface area contributed by atoms with Crippen LogP contribution in [0.15, 0.2) is 0 Å². The van der Waals surface area contributed by atoms with Crippen LogP contribution in [0.3, 0.4) is 0 Å². The first-order valence-corrected chi connectivity index (χ1v) is 3.40. The summed E-state index contributed by atoms with van der Waals surface area (Å²) in [6, 6.07) is 0. The van der Waals surface area contributed by atoms with Gasteiger partial charge in [-0.15, -0.1) is 0 Å². The normalized spacial score (nSPS) is 8.88. The molecule has 0 unspecified atom stereocenters. The minimum absolute atomic E-state index is 0. The van der Waals surface area contributed by atoms with Gasteiger partial charge in [0.25, 0.3) is 0 Å². The molecule has 0 saturated carbocycles. The van der Waals surface area contributed by atoms with Crippen LogP contribution in [0.4, 0.5) is 0 Å². The first-order chi connectivity index (χ1) is 2.56. The Morgan fingerprint density at radius 1 is 1.50 bits per heavy atom. The summed E-state index contributed by atoms with van der Waals surface area (Å²) >= 11 is 0. The fourth-order valence-corrected chi connectivity index (χ4v) is 0. The minimum Gasteiger partial charge on any atom is -1.00 e. The molecule has 0 fully saturated rings. The fourth-order valence-electron chi connectivity index (χ4n) is 0. The molecule has 0 aliphatic rings. The Morgan fingerprint density at radius 3 is 1.62 bits per heavy atom. The van der Waals surface area contributed by atoms with E-state index in [9.17, 15) is 4.57 Å². The van der Waals surface area contributed by atoms with E-state index in [4.69, 9.17) is 9.79 Å². The van der Waals surface area contributed by atoms with Crippen LogP contribution in [0.25, 0.3) is 0 Å². The van der Waals surface area contributed by atoms with Crippen LogP contribution in [0.1, 0.15) is 9.78 Å². The summed E-state index contributed by atoms with van der Waals surface area (Å²) in [7, 11) is -3.65. The molecule has 0 rings (SSSR count). The van der Waals surface area contributed by atoms with E-state index >= 15 is 0 Å². The Bertz CT molecular complexity index is 86.6. The van der Waals surface area contributed by atoms with Crippen LogP contribution in [0.2, 0.25) is 0 Å². The standard InChI is InChI=1S/C2H7O3P.2K.2H/c1-2-6(3,4)5;;;;/h2H2,1H3,(H2,3,4,5);;;;/q;2*+1;2*-1. The molecule has 0 amide bonds. The zero-order valence-corrected chi connectivity index (χ0v) is 12.6. The SMILES string of the molecule is CCP(=O)(O)O.[H-].[H-].[K+].[K+]. The van der Waals surface area contributed by atoms with Gasteiger partial charge in [-0.25, -0.2) is 0 Å². The largest absolute Gasteiger partial charge is 1.00 e. The Morgan fingerprint density at radius 2 is 1.62 bits per heavy atom. The summed E-state index contributed by atoms with van der Waals surface area (Å²) in [5, 5.41) is 0. The summed E-state index contributed by atoms with van der Waals surface area (Å²) in [4.78, 5) is 15.9. The molecule has 0 bridgehead atoms. The van der Waals surface area contributed by atoms with Gasteiger partial charge in [-0.05, 0) is 0 Å². The van der Waals surface area contributed by atoms with Gasteiger partial charge in [0.2, 0.25) is 0 Å². The molecule has 42 valence electrons. The Hall–Kier alpha value is 3.42. The smallest absolute Gasteiger partial charge is 1.00 e. The maximum absolute atomic E-state index is 9.69. The Labute approximate surface area is 137 Å². The summed E-state index contributed by atoms with van der Waals surface area (Å²) in [5.41, 5.74) is 0. The molecule has 0 heterocycles. The second-order valence-electron chi connectivity index (χ2n) is 0.981. The third-order valence-electron chi connectivity index (χ3n) is 0.412. The molecular weight excluding hydrogens is 181 g/mol. The van der Waals surface area contributed by atoms with E-state index in [0.717, 1.165) is 0 Å². The van der Waals surface area contributed by atoms with Crippen molar-refractivity contribution in [1.82, 2.24) is 0 Å². The van der Waals surface area contributed by atoms with Gasteiger partial charge >= 0.3 is 110 Å². The van der Waals surface area contributed by atoms with Crippen molar-refractivity contribution in [3.63, 3.8) is 0 Å². The number of hydrogen-bond donors (Lipinski definition) is 2. The van der Waals surface area contributed by atoms with E-state index < -0.39 is 7.60 Å². The monoisotopic (exact) mass is 190 g/mol. The predicted octanol–water partition coefficient (Wildman–Crippen LogP) is -5.58. The van der Waals surface area contributed by atoms with Crippen LogP contribution >= 0.6 is 7.60 Å². The van der Waals surface area contributed by atoms with Crippen molar-refractivity contribution in [1.29, 1.82) is 0 Å². The fraction of sp³-hybridized carbons (Fsp3) is 1.00. The quantitative estimate of drug-likeness (QED) is 0.320. The van der Waals surface area contributed by atoms with E-state index in [1.807, 2.05) is 0 Å². The van der Waals surface area contributed by atoms with E-state index in [1.165, 1.54) is 6.92 Å². The van der Waals surface area contributed by atoms with Crippen LogP contribution < -0.4 is 103 Å². The Kier molecular flexibility index (Phi) is 18.6. The van der Waals surface area contributed by atoms with Crippen LogP contribution in [0, 0.1) is 0 Å². The van der Waals surface area contributed by atoms with E-state index in [2.05, 4.69) is 0 Å². The molecule has 0 saturated heterocycles. The van der Waals surface area contributed by atoms with Gasteiger partial charge in [0.05, 0.1) is 0 Å². The summed E-state index contributed by atoms with van der Waals surface area (Å²) < 4.78 is 9.69. The third kappa shape index (κ3) is 16.2. The zero-order chi connectivity index (χ0) is 5.21. The predicted molar refractivity (Wildman–Crippen MR) is 24.8 cm³/mol. The molecule has 8 heavy (non-hydrogen) atoms. The van der Waals surface area contributed by atoms with Crippen molar-refractivity contribution in [2.75, 3.05) is 6.16 Å². The van der Waals surface area contributed by atoms with Gasteiger partial charge in [-0.1, -0.05) is 6.92 Å². The molecular formula is C2H9K2O3P. The first kappa shape index (κ1) is 17.5. The minimum atomic E-state index is -3.65. The molecule has 3 nitrogen and oxygen atoms in total.